The van der Waals surface area contributed by atoms with Crippen LogP contribution in [0.15, 0.2) is 5.38 Å². The van der Waals surface area contributed by atoms with Crippen LogP contribution in [0.3, 0.4) is 0 Å². The van der Waals surface area contributed by atoms with E-state index in [0.29, 0.717) is 0 Å². The molecule has 19 heavy (non-hydrogen) atoms. The van der Waals surface area contributed by atoms with Crippen LogP contribution in [0.5, 0.6) is 0 Å². The van der Waals surface area contributed by atoms with Gasteiger partial charge in [-0.25, -0.2) is 4.98 Å². The van der Waals surface area contributed by atoms with E-state index in [-0.39, 0.29) is 11.6 Å². The number of rotatable bonds is 4. The summed E-state index contributed by atoms with van der Waals surface area (Å²) in [4.78, 5) is 6.94. The van der Waals surface area contributed by atoms with Gasteiger partial charge in [-0.2, -0.15) is 0 Å². The molecule has 1 aliphatic carbocycles. The third-order valence-electron chi connectivity index (χ3n) is 4.65. The van der Waals surface area contributed by atoms with E-state index in [1.165, 1.54) is 30.7 Å². The molecule has 0 aliphatic heterocycles. The number of hydrogen-bond donors (Lipinski definition) is 1. The van der Waals surface area contributed by atoms with E-state index in [1.54, 1.807) is 11.3 Å². The molecule has 4 heteroatoms. The highest BCUT2D eigenvalue weighted by molar-refractivity contribution is 7.09. The molecule has 1 aromatic heterocycles. The van der Waals surface area contributed by atoms with Crippen molar-refractivity contribution in [1.29, 1.82) is 0 Å². The average Bonchev–Trinajstić information content (AvgIpc) is 2.74. The number of aryl methyl sites for hydroxylation is 1. The predicted molar refractivity (Wildman–Crippen MR) is 82.6 cm³/mol. The topological polar surface area (TPSA) is 42.1 Å². The lowest BCUT2D eigenvalue weighted by Gasteiger charge is -2.49. The first-order chi connectivity index (χ1) is 8.94. The summed E-state index contributed by atoms with van der Waals surface area (Å²) in [5, 5.41) is 3.30. The van der Waals surface area contributed by atoms with E-state index in [4.69, 9.17) is 5.73 Å². The Balaban J connectivity index is 2.14. The van der Waals surface area contributed by atoms with E-state index in [9.17, 15) is 0 Å². The van der Waals surface area contributed by atoms with Crippen LogP contribution in [0.2, 0.25) is 0 Å². The van der Waals surface area contributed by atoms with Crippen LogP contribution in [-0.4, -0.2) is 35.6 Å². The molecule has 108 valence electrons. The monoisotopic (exact) mass is 281 g/mol. The minimum atomic E-state index is 0.150. The van der Waals surface area contributed by atoms with Gasteiger partial charge >= 0.3 is 0 Å². The fraction of sp³-hybridized carbons (Fsp3) is 0.800. The molecule has 1 saturated carbocycles. The van der Waals surface area contributed by atoms with E-state index >= 15 is 0 Å². The van der Waals surface area contributed by atoms with Crippen molar-refractivity contribution in [3.05, 3.63) is 16.1 Å². The Labute approximate surface area is 121 Å². The lowest BCUT2D eigenvalue weighted by Crippen LogP contribution is -2.60. The Bertz CT molecular complexity index is 415. The number of hydrogen-bond acceptors (Lipinski definition) is 4. The van der Waals surface area contributed by atoms with E-state index in [1.807, 2.05) is 0 Å². The molecule has 0 spiro atoms. The first kappa shape index (κ1) is 14.9. The van der Waals surface area contributed by atoms with Gasteiger partial charge in [-0.05, 0) is 39.8 Å². The van der Waals surface area contributed by atoms with Gasteiger partial charge in [0.2, 0.25) is 0 Å². The normalized spacial score (nSPS) is 29.7. The molecule has 0 saturated heterocycles. The zero-order chi connectivity index (χ0) is 14.0. The van der Waals surface area contributed by atoms with Gasteiger partial charge in [-0.3, -0.25) is 0 Å². The molecule has 0 amide bonds. The molecule has 1 heterocycles. The first-order valence-corrected chi connectivity index (χ1v) is 8.16. The van der Waals surface area contributed by atoms with Crippen LogP contribution in [0.25, 0.3) is 0 Å². The van der Waals surface area contributed by atoms with Crippen LogP contribution < -0.4 is 5.73 Å². The van der Waals surface area contributed by atoms with Crippen LogP contribution in [0.1, 0.15) is 43.3 Å². The van der Waals surface area contributed by atoms with E-state index in [0.717, 1.165) is 18.0 Å². The summed E-state index contributed by atoms with van der Waals surface area (Å²) in [6.45, 7) is 4.41. The molecular weight excluding hydrogens is 254 g/mol. The molecular formula is C15H27N3S. The summed E-state index contributed by atoms with van der Waals surface area (Å²) in [6, 6.07) is 0.177. The molecule has 3 atom stereocenters. The van der Waals surface area contributed by atoms with Crippen LogP contribution >= 0.6 is 11.3 Å². The van der Waals surface area contributed by atoms with Crippen molar-refractivity contribution in [1.82, 2.24) is 9.88 Å². The van der Waals surface area contributed by atoms with Crippen LogP contribution in [-0.2, 0) is 6.42 Å². The van der Waals surface area contributed by atoms with E-state index < -0.39 is 0 Å². The number of likely N-dealkylation sites (N-methyl/N-ethyl adjacent to an activating group) is 1. The summed E-state index contributed by atoms with van der Waals surface area (Å²) in [6.07, 6.45) is 5.98. The smallest absolute Gasteiger partial charge is 0.0944 e. The predicted octanol–water partition coefficient (Wildman–Crippen LogP) is 2.83. The van der Waals surface area contributed by atoms with Crippen LogP contribution in [0, 0.1) is 12.8 Å². The second kappa shape index (κ2) is 5.90. The Morgan fingerprint density at radius 1 is 1.58 bits per heavy atom. The molecule has 3 unspecified atom stereocenters. The third kappa shape index (κ3) is 3.18. The van der Waals surface area contributed by atoms with Crippen molar-refractivity contribution >= 4 is 11.3 Å². The fourth-order valence-electron chi connectivity index (χ4n) is 3.51. The van der Waals surface area contributed by atoms with Crippen molar-refractivity contribution < 1.29 is 0 Å². The maximum atomic E-state index is 6.61. The second-order valence-corrected chi connectivity index (χ2v) is 7.34. The summed E-state index contributed by atoms with van der Waals surface area (Å²) in [5.41, 5.74) is 7.88. The molecule has 0 aromatic carbocycles. The highest BCUT2D eigenvalue weighted by Gasteiger charge is 2.42. The molecule has 2 rings (SSSR count). The third-order valence-corrected chi connectivity index (χ3v) is 5.64. The minimum Gasteiger partial charge on any atom is -0.326 e. The van der Waals surface area contributed by atoms with Gasteiger partial charge in [-0.1, -0.05) is 19.8 Å². The summed E-state index contributed by atoms with van der Waals surface area (Å²) in [7, 11) is 4.37. The standard InChI is InChI=1S/C15H27N3S/c1-11-6-5-7-15(9-11,18(3)4)13(16)8-14-17-12(2)10-19-14/h10-11,13H,5-9,16H2,1-4H3. The molecule has 1 fully saturated rings. The zero-order valence-corrected chi connectivity index (χ0v) is 13.5. The van der Waals surface area contributed by atoms with Gasteiger partial charge in [0, 0.05) is 29.1 Å². The largest absolute Gasteiger partial charge is 0.326 e. The number of nitrogens with two attached hydrogens (primary N) is 1. The van der Waals surface area contributed by atoms with Gasteiger partial charge in [0.1, 0.15) is 0 Å². The summed E-state index contributed by atoms with van der Waals surface area (Å²) < 4.78 is 0. The summed E-state index contributed by atoms with van der Waals surface area (Å²) in [5.74, 6) is 0.778. The molecule has 0 radical (unpaired) electrons. The number of nitrogens with zero attached hydrogens (tertiary/aromatic N) is 2. The maximum absolute atomic E-state index is 6.61. The molecule has 0 bridgehead atoms. The molecule has 1 aliphatic rings. The van der Waals surface area contributed by atoms with Crippen molar-refractivity contribution in [3.8, 4) is 0 Å². The number of thiazole rings is 1. The van der Waals surface area contributed by atoms with Crippen molar-refractivity contribution in [2.24, 2.45) is 11.7 Å². The Morgan fingerprint density at radius 3 is 2.84 bits per heavy atom. The molecule has 1 aromatic rings. The highest BCUT2D eigenvalue weighted by atomic mass is 32.1. The second-order valence-electron chi connectivity index (χ2n) is 6.39. The van der Waals surface area contributed by atoms with Crippen molar-refractivity contribution in [2.45, 2.75) is 57.5 Å². The maximum Gasteiger partial charge on any atom is 0.0944 e. The highest BCUT2D eigenvalue weighted by Crippen LogP contribution is 2.38. The lowest BCUT2D eigenvalue weighted by molar-refractivity contribution is 0.0504. The van der Waals surface area contributed by atoms with Crippen LogP contribution in [0.4, 0.5) is 0 Å². The SMILES string of the molecule is Cc1csc(CC(N)C2(N(C)C)CCCC(C)C2)n1. The van der Waals surface area contributed by atoms with Gasteiger partial charge < -0.3 is 10.6 Å². The fourth-order valence-corrected chi connectivity index (χ4v) is 4.35. The van der Waals surface area contributed by atoms with E-state index in [2.05, 4.69) is 43.2 Å². The lowest BCUT2D eigenvalue weighted by atomic mass is 9.71. The molecule has 2 N–H and O–H groups in total. The van der Waals surface area contributed by atoms with Crippen molar-refractivity contribution in [2.75, 3.05) is 14.1 Å². The van der Waals surface area contributed by atoms with Gasteiger partial charge in [0.05, 0.1) is 5.01 Å². The Hall–Kier alpha value is -0.450. The van der Waals surface area contributed by atoms with Gasteiger partial charge in [-0.15, -0.1) is 11.3 Å². The van der Waals surface area contributed by atoms with Gasteiger partial charge in [0.15, 0.2) is 0 Å². The zero-order valence-electron chi connectivity index (χ0n) is 12.6. The first-order valence-electron chi connectivity index (χ1n) is 7.28. The average molecular weight is 281 g/mol. The number of aromatic nitrogens is 1. The quantitative estimate of drug-likeness (QED) is 0.923. The minimum absolute atomic E-state index is 0.150. The Morgan fingerprint density at radius 2 is 2.32 bits per heavy atom. The van der Waals surface area contributed by atoms with Crippen molar-refractivity contribution in [3.63, 3.8) is 0 Å². The Kier molecular flexibility index (Phi) is 4.64. The molecule has 3 nitrogen and oxygen atoms in total. The van der Waals surface area contributed by atoms with Gasteiger partial charge in [0.25, 0.3) is 0 Å². The summed E-state index contributed by atoms with van der Waals surface area (Å²) >= 11 is 1.74.